The highest BCUT2D eigenvalue weighted by molar-refractivity contribution is 7.87. The van der Waals surface area contributed by atoms with Crippen LogP contribution in [-0.4, -0.2) is 39.9 Å². The normalized spacial score (nSPS) is 29.1. The summed E-state index contributed by atoms with van der Waals surface area (Å²) in [7, 11) is -8.77. The lowest BCUT2D eigenvalue weighted by Gasteiger charge is -2.35. The quantitative estimate of drug-likeness (QED) is 0.145. The highest BCUT2D eigenvalue weighted by Crippen LogP contribution is 2.65. The summed E-state index contributed by atoms with van der Waals surface area (Å²) < 4.78 is 70.0. The molecule has 5 aliphatic carbocycles. The number of Topliss-reactive ketones (excluding diaryl/α,β-unsaturated/α-hetero) is 2. The van der Waals surface area contributed by atoms with Crippen LogP contribution in [-0.2, 0) is 29.8 Å². The van der Waals surface area contributed by atoms with Crippen LogP contribution >= 0.6 is 0 Å². The molecular weight excluding hydrogens is 745 g/mol. The smallest absolute Gasteiger partial charge is 0.310 e. The van der Waals surface area contributed by atoms with Gasteiger partial charge in [0.15, 0.2) is 11.5 Å². The first-order valence-electron chi connectivity index (χ1n) is 19.7. The van der Waals surface area contributed by atoms with Gasteiger partial charge in [0.2, 0.25) is 0 Å². The molecule has 4 aromatic rings. The van der Waals surface area contributed by atoms with Crippen molar-refractivity contribution in [3.05, 3.63) is 126 Å². The van der Waals surface area contributed by atoms with Gasteiger partial charge in [0.1, 0.15) is 11.6 Å². The van der Waals surface area contributed by atoms with Gasteiger partial charge in [-0.15, -0.1) is 0 Å². The number of benzene rings is 4. The molecule has 0 heterocycles. The van der Waals surface area contributed by atoms with Crippen LogP contribution in [0.1, 0.15) is 77.3 Å². The number of fused-ring (bicyclic) bond motifs is 8. The van der Waals surface area contributed by atoms with Gasteiger partial charge in [-0.2, -0.15) is 16.8 Å². The van der Waals surface area contributed by atoms with Crippen LogP contribution < -0.4 is 8.37 Å². The van der Waals surface area contributed by atoms with Gasteiger partial charge < -0.3 is 8.37 Å². The molecule has 8 nitrogen and oxygen atoms in total. The van der Waals surface area contributed by atoms with Gasteiger partial charge in [-0.1, -0.05) is 99.5 Å². The van der Waals surface area contributed by atoms with Crippen LogP contribution in [0.2, 0.25) is 0 Å². The predicted molar refractivity (Wildman–Crippen MR) is 212 cm³/mol. The maximum atomic E-state index is 14.4. The van der Waals surface area contributed by atoms with Crippen molar-refractivity contribution in [3.63, 3.8) is 0 Å². The lowest BCUT2D eigenvalue weighted by atomic mass is 9.70. The van der Waals surface area contributed by atoms with Gasteiger partial charge in [-0.25, -0.2) is 0 Å². The van der Waals surface area contributed by atoms with E-state index >= 15 is 0 Å². The first kappa shape index (κ1) is 37.3. The van der Waals surface area contributed by atoms with Crippen molar-refractivity contribution in [2.75, 3.05) is 11.5 Å². The van der Waals surface area contributed by atoms with Crippen LogP contribution in [0, 0.1) is 89.1 Å². The van der Waals surface area contributed by atoms with E-state index in [1.165, 1.54) is 0 Å². The Kier molecular flexibility index (Phi) is 8.07. The van der Waals surface area contributed by atoms with Gasteiger partial charge in [-0.05, 0) is 106 Å². The summed E-state index contributed by atoms with van der Waals surface area (Å²) in [6.45, 7) is 12.0. The van der Waals surface area contributed by atoms with Crippen molar-refractivity contribution < 1.29 is 34.8 Å². The van der Waals surface area contributed by atoms with Gasteiger partial charge in [0.25, 0.3) is 0 Å². The maximum absolute atomic E-state index is 14.4. The minimum Gasteiger partial charge on any atom is -0.382 e. The van der Waals surface area contributed by atoms with Crippen molar-refractivity contribution in [2.24, 2.45) is 33.5 Å². The molecule has 9 rings (SSSR count). The molecule has 0 N–H and O–H groups in total. The second-order valence-corrected chi connectivity index (χ2v) is 21.5. The Morgan fingerprint density at radius 2 is 0.946 bits per heavy atom. The zero-order valence-electron chi connectivity index (χ0n) is 32.8. The average molecular weight is 793 g/mol. The van der Waals surface area contributed by atoms with Crippen LogP contribution in [0.3, 0.4) is 0 Å². The third kappa shape index (κ3) is 5.26. The lowest BCUT2D eigenvalue weighted by molar-refractivity contribution is -0.128. The molecular formula is C46H48O8S2. The summed E-state index contributed by atoms with van der Waals surface area (Å²) in [4.78, 5) is 27.0. The number of carbonyl (C=O) groups is 2. The Labute approximate surface area is 327 Å². The van der Waals surface area contributed by atoms with Gasteiger partial charge >= 0.3 is 20.2 Å². The third-order valence-electron chi connectivity index (χ3n) is 15.1. The van der Waals surface area contributed by atoms with Gasteiger partial charge in [-0.3, -0.25) is 9.59 Å². The van der Waals surface area contributed by atoms with Crippen LogP contribution in [0.15, 0.2) is 72.8 Å². The summed E-state index contributed by atoms with van der Waals surface area (Å²) in [6, 6.07) is 22.7. The topological polar surface area (TPSA) is 121 Å². The molecule has 5 aliphatic rings. The third-order valence-corrected chi connectivity index (χ3v) is 17.6. The number of rotatable bonds is 8. The molecule has 56 heavy (non-hydrogen) atoms. The Hall–Kier alpha value is -4.28. The molecule has 4 atom stereocenters. The fourth-order valence-corrected chi connectivity index (χ4v) is 15.1. The molecule has 4 bridgehead atoms. The predicted octanol–water partition coefficient (Wildman–Crippen LogP) is 7.97. The summed E-state index contributed by atoms with van der Waals surface area (Å²) in [5.41, 5.74) is -1.15. The zero-order valence-corrected chi connectivity index (χ0v) is 34.5. The molecule has 4 saturated carbocycles. The first-order chi connectivity index (χ1) is 26.3. The maximum Gasteiger partial charge on any atom is 0.310 e. The zero-order chi connectivity index (χ0) is 39.8. The standard InChI is InChI=1S/C46H48O8S2/c1-27-13-15-31-32-16-14-28(2)22-36(32)34-10-8-12-38(54-56(51,52)26-46-20-18-30(24-40(46)48)44(46,5)6)42(34)41-33(35(31)21-27)9-7-11-37(41)53-55(49,50)25-45-19-17-29(23-39(45)47)43(45,3)4/h7-16,21-22,29-30H,17-20,23-26H2,1-6H3/b32-31-,35-33-,36-34-,42-41-/t29-,30-,45-,46-/m1/s1. The molecule has 0 amide bonds. The van der Waals surface area contributed by atoms with Crippen LogP contribution in [0.25, 0.3) is 0 Å². The van der Waals surface area contributed by atoms with Crippen molar-refractivity contribution in [1.29, 1.82) is 0 Å². The second kappa shape index (κ2) is 12.1. The summed E-state index contributed by atoms with van der Waals surface area (Å²) in [5, 5.41) is 5.47. The van der Waals surface area contributed by atoms with Gasteiger partial charge in [0.05, 0.1) is 22.3 Å². The highest BCUT2D eigenvalue weighted by Gasteiger charge is 2.66. The summed E-state index contributed by atoms with van der Waals surface area (Å²) >= 11 is 0. The van der Waals surface area contributed by atoms with Crippen molar-refractivity contribution in [1.82, 2.24) is 0 Å². The van der Waals surface area contributed by atoms with E-state index in [0.29, 0.717) is 46.6 Å². The Balaban J connectivity index is 1.36. The van der Waals surface area contributed by atoms with E-state index in [2.05, 4.69) is 12.1 Å². The molecule has 0 unspecified atom stereocenters. The second-order valence-electron chi connectivity index (χ2n) is 18.4. The number of aryl methyl sites for hydroxylation is 2. The largest absolute Gasteiger partial charge is 0.382 e. The van der Waals surface area contributed by atoms with E-state index in [-0.39, 0.29) is 34.9 Å². The van der Waals surface area contributed by atoms with Crippen LogP contribution in [0.4, 0.5) is 0 Å². The molecule has 292 valence electrons. The molecule has 10 heteroatoms. The fourth-order valence-electron chi connectivity index (χ4n) is 11.5. The Bertz CT molecular complexity index is 2860. The number of carbonyl (C=O) groups excluding carboxylic acids is 2. The van der Waals surface area contributed by atoms with Crippen molar-refractivity contribution in [2.45, 2.75) is 80.1 Å². The molecule has 0 spiro atoms. The monoisotopic (exact) mass is 792 g/mol. The minimum absolute atomic E-state index is 0.0132. The molecule has 0 saturated heterocycles. The molecule has 0 aromatic heterocycles. The number of hydrogen-bond donors (Lipinski definition) is 0. The first-order valence-corrected chi connectivity index (χ1v) is 22.8. The summed E-state index contributed by atoms with van der Waals surface area (Å²) in [5.74, 6) is -0.690. The van der Waals surface area contributed by atoms with Crippen molar-refractivity contribution >= 4 is 31.8 Å². The van der Waals surface area contributed by atoms with E-state index in [9.17, 15) is 26.4 Å². The fraction of sp³-hybridized carbons (Fsp3) is 0.435. The average Bonchev–Trinajstić information content (AvgIpc) is 3.64. The Morgan fingerprint density at radius 1 is 0.554 bits per heavy atom. The minimum atomic E-state index is -4.38. The molecule has 0 aliphatic heterocycles. The van der Waals surface area contributed by atoms with E-state index in [1.807, 2.05) is 77.9 Å². The molecule has 0 radical (unpaired) electrons. The van der Waals surface area contributed by atoms with Crippen LogP contribution in [0.5, 0.6) is 11.5 Å². The number of hydrogen-bond acceptors (Lipinski definition) is 8. The lowest BCUT2D eigenvalue weighted by Crippen LogP contribution is -2.43. The molecule has 4 fully saturated rings. The van der Waals surface area contributed by atoms with E-state index in [4.69, 9.17) is 8.37 Å². The van der Waals surface area contributed by atoms with E-state index in [0.717, 1.165) is 44.8 Å². The van der Waals surface area contributed by atoms with E-state index in [1.54, 1.807) is 24.3 Å². The Morgan fingerprint density at radius 3 is 1.29 bits per heavy atom. The molecule has 4 aromatic carbocycles. The SMILES string of the molecule is Cc1ccc2/c(c1)=c1/cccc(OS(=O)(=O)C[C@]34CC[C@H](CC3=O)C4(C)C)/c1=c1\c(OS(=O)(=O)C[C@]34CC[C@H](CC3=O)C4(C)C)ccc\c1=c1/cc(C)cc/c1=2. The van der Waals surface area contributed by atoms with E-state index < -0.39 is 53.4 Å². The van der Waals surface area contributed by atoms with Gasteiger partial charge in [0, 0.05) is 23.3 Å². The number of ketones is 2. The van der Waals surface area contributed by atoms with Crippen molar-refractivity contribution in [3.8, 4) is 11.5 Å². The summed E-state index contributed by atoms with van der Waals surface area (Å²) in [6.07, 6.45) is 3.29. The highest BCUT2D eigenvalue weighted by atomic mass is 32.2.